The summed E-state index contributed by atoms with van der Waals surface area (Å²) in [6.07, 6.45) is 5.43. The van der Waals surface area contributed by atoms with Gasteiger partial charge in [-0.3, -0.25) is 4.79 Å². The van der Waals surface area contributed by atoms with Crippen molar-refractivity contribution in [3.05, 3.63) is 101 Å². The van der Waals surface area contributed by atoms with Crippen LogP contribution in [0.25, 0.3) is 11.0 Å². The van der Waals surface area contributed by atoms with Gasteiger partial charge in [-0.2, -0.15) is 0 Å². The SMILES string of the molecule is COc1cc(C(=O)N(C)CC(CCN2CCCN(c3nc4ccccc4n3Cc3ccoc3)CC2)c2ccc(Cl)cc2)cc(OC)c1OC. The second kappa shape index (κ2) is 15.7. The number of anilines is 1. The van der Waals surface area contributed by atoms with Gasteiger partial charge >= 0.3 is 0 Å². The van der Waals surface area contributed by atoms with Crippen molar-refractivity contribution < 1.29 is 23.4 Å². The zero-order valence-electron chi connectivity index (χ0n) is 28.6. The molecule has 258 valence electrons. The average Bonchev–Trinajstić information content (AvgIpc) is 3.71. The highest BCUT2D eigenvalue weighted by molar-refractivity contribution is 6.30. The van der Waals surface area contributed by atoms with Crippen LogP contribution in [-0.4, -0.2) is 92.9 Å². The predicted octanol–water partition coefficient (Wildman–Crippen LogP) is 6.82. The van der Waals surface area contributed by atoms with E-state index in [1.807, 2.05) is 31.3 Å². The van der Waals surface area contributed by atoms with Gasteiger partial charge in [0.15, 0.2) is 11.5 Å². The fourth-order valence-electron chi connectivity index (χ4n) is 6.69. The lowest BCUT2D eigenvalue weighted by molar-refractivity contribution is 0.0782. The summed E-state index contributed by atoms with van der Waals surface area (Å²) < 4.78 is 24.1. The highest BCUT2D eigenvalue weighted by atomic mass is 35.5. The highest BCUT2D eigenvalue weighted by Gasteiger charge is 2.25. The lowest BCUT2D eigenvalue weighted by Crippen LogP contribution is -2.35. The summed E-state index contributed by atoms with van der Waals surface area (Å²) in [4.78, 5) is 25.5. The number of imidazole rings is 1. The van der Waals surface area contributed by atoms with Crippen LogP contribution in [-0.2, 0) is 6.54 Å². The number of amides is 1. The summed E-state index contributed by atoms with van der Waals surface area (Å²) in [6.45, 7) is 5.86. The molecule has 1 atom stereocenters. The number of carbonyl (C=O) groups is 1. The minimum atomic E-state index is -0.123. The fraction of sp³-hybridized carbons (Fsp3) is 0.368. The van der Waals surface area contributed by atoms with E-state index in [0.717, 1.165) is 73.7 Å². The molecule has 0 bridgehead atoms. The summed E-state index contributed by atoms with van der Waals surface area (Å²) in [5.41, 5.74) is 4.85. The molecule has 3 heterocycles. The predicted molar refractivity (Wildman–Crippen MR) is 193 cm³/mol. The number of furan rings is 1. The summed E-state index contributed by atoms with van der Waals surface area (Å²) in [6, 6.07) is 21.7. The van der Waals surface area contributed by atoms with Gasteiger partial charge in [-0.15, -0.1) is 0 Å². The number of benzene rings is 3. The molecular weight excluding hydrogens is 642 g/mol. The van der Waals surface area contributed by atoms with Gasteiger partial charge in [0.2, 0.25) is 11.7 Å². The van der Waals surface area contributed by atoms with Crippen LogP contribution in [0, 0.1) is 0 Å². The van der Waals surface area contributed by atoms with Gasteiger partial charge in [-0.1, -0.05) is 35.9 Å². The summed E-state index contributed by atoms with van der Waals surface area (Å²) in [7, 11) is 6.48. The van der Waals surface area contributed by atoms with Crippen molar-refractivity contribution in [2.24, 2.45) is 0 Å². The third-order valence-corrected chi connectivity index (χ3v) is 9.57. The molecule has 0 aliphatic carbocycles. The molecule has 1 unspecified atom stereocenters. The molecule has 1 saturated heterocycles. The number of aromatic nitrogens is 2. The van der Waals surface area contributed by atoms with Gasteiger partial charge in [-0.05, 0) is 74.0 Å². The average molecular weight is 686 g/mol. The molecule has 1 amide bonds. The Labute approximate surface area is 292 Å². The normalized spacial score (nSPS) is 14.4. The van der Waals surface area contributed by atoms with E-state index in [4.69, 9.17) is 35.2 Å². The quantitative estimate of drug-likeness (QED) is 0.134. The third-order valence-electron chi connectivity index (χ3n) is 9.31. The second-order valence-corrected chi connectivity index (χ2v) is 12.9. The first kappa shape index (κ1) is 34.2. The summed E-state index contributed by atoms with van der Waals surface area (Å²) in [5, 5.41) is 0.691. The molecular formula is C38H44ClN5O5. The first-order chi connectivity index (χ1) is 23.9. The summed E-state index contributed by atoms with van der Waals surface area (Å²) >= 11 is 6.27. The van der Waals surface area contributed by atoms with Gasteiger partial charge in [0.25, 0.3) is 5.91 Å². The maximum absolute atomic E-state index is 13.7. The lowest BCUT2D eigenvalue weighted by atomic mass is 9.94. The molecule has 3 aromatic carbocycles. The van der Waals surface area contributed by atoms with Crippen molar-refractivity contribution in [2.45, 2.75) is 25.3 Å². The molecule has 1 aliphatic rings. The number of nitrogens with zero attached hydrogens (tertiary/aromatic N) is 5. The molecule has 2 aromatic heterocycles. The number of fused-ring (bicyclic) bond motifs is 1. The van der Waals surface area contributed by atoms with Gasteiger partial charge in [0, 0.05) is 55.3 Å². The number of halogens is 1. The third kappa shape index (κ3) is 7.81. The lowest BCUT2D eigenvalue weighted by Gasteiger charge is -2.28. The molecule has 5 aromatic rings. The van der Waals surface area contributed by atoms with Crippen LogP contribution in [0.3, 0.4) is 0 Å². The Bertz CT molecular complexity index is 1820. The van der Waals surface area contributed by atoms with Crippen molar-refractivity contribution in [3.8, 4) is 17.2 Å². The molecule has 11 heteroatoms. The van der Waals surface area contributed by atoms with Crippen molar-refractivity contribution >= 4 is 34.5 Å². The van der Waals surface area contributed by atoms with E-state index >= 15 is 0 Å². The van der Waals surface area contributed by atoms with Crippen molar-refractivity contribution in [1.82, 2.24) is 19.4 Å². The molecule has 0 radical (unpaired) electrons. The van der Waals surface area contributed by atoms with E-state index < -0.39 is 0 Å². The van der Waals surface area contributed by atoms with Gasteiger partial charge in [-0.25, -0.2) is 4.98 Å². The minimum absolute atomic E-state index is 0.103. The Balaban J connectivity index is 1.15. The Kier molecular flexibility index (Phi) is 11.0. The number of ether oxygens (including phenoxy) is 3. The summed E-state index contributed by atoms with van der Waals surface area (Å²) in [5.74, 6) is 2.32. The van der Waals surface area contributed by atoms with Gasteiger partial charge < -0.3 is 37.9 Å². The number of rotatable bonds is 13. The Morgan fingerprint density at radius 3 is 2.41 bits per heavy atom. The first-order valence-electron chi connectivity index (χ1n) is 16.6. The van der Waals surface area contributed by atoms with Gasteiger partial charge in [0.1, 0.15) is 0 Å². The molecule has 1 aliphatic heterocycles. The molecule has 0 saturated carbocycles. The maximum atomic E-state index is 13.7. The van der Waals surface area contributed by atoms with Crippen molar-refractivity contribution in [3.63, 3.8) is 0 Å². The van der Waals surface area contributed by atoms with Crippen LogP contribution in [0.15, 0.2) is 83.7 Å². The Hall–Kier alpha value is -4.67. The van der Waals surface area contributed by atoms with Crippen LogP contribution in [0.2, 0.25) is 5.02 Å². The Morgan fingerprint density at radius 1 is 0.959 bits per heavy atom. The zero-order valence-corrected chi connectivity index (χ0v) is 29.4. The van der Waals surface area contributed by atoms with Crippen molar-refractivity contribution in [2.75, 3.05) is 72.5 Å². The monoisotopic (exact) mass is 685 g/mol. The smallest absolute Gasteiger partial charge is 0.253 e. The van der Waals surface area contributed by atoms with E-state index in [1.165, 1.54) is 0 Å². The van der Waals surface area contributed by atoms with Crippen molar-refractivity contribution in [1.29, 1.82) is 0 Å². The van der Waals surface area contributed by atoms with E-state index in [0.29, 0.717) is 40.9 Å². The topological polar surface area (TPSA) is 85.4 Å². The van der Waals surface area contributed by atoms with E-state index in [9.17, 15) is 4.79 Å². The molecule has 0 spiro atoms. The van der Waals surface area contributed by atoms with Crippen LogP contribution >= 0.6 is 11.6 Å². The number of likely N-dealkylation sites (N-methyl/N-ethyl adjacent to an activating group) is 1. The maximum Gasteiger partial charge on any atom is 0.253 e. The minimum Gasteiger partial charge on any atom is -0.493 e. The van der Waals surface area contributed by atoms with E-state index in [2.05, 4.69) is 44.7 Å². The second-order valence-electron chi connectivity index (χ2n) is 12.4. The van der Waals surface area contributed by atoms with Crippen LogP contribution in [0.5, 0.6) is 17.2 Å². The zero-order chi connectivity index (χ0) is 34.3. The Morgan fingerprint density at radius 2 is 1.71 bits per heavy atom. The van der Waals surface area contributed by atoms with Crippen LogP contribution in [0.4, 0.5) is 5.95 Å². The molecule has 0 N–H and O–H groups in total. The highest BCUT2D eigenvalue weighted by Crippen LogP contribution is 2.38. The van der Waals surface area contributed by atoms with E-state index in [1.54, 1.807) is 50.9 Å². The molecule has 10 nitrogen and oxygen atoms in total. The van der Waals surface area contributed by atoms with E-state index in [-0.39, 0.29) is 11.8 Å². The number of hydrogen-bond donors (Lipinski definition) is 0. The molecule has 6 rings (SSSR count). The molecule has 1 fully saturated rings. The van der Waals surface area contributed by atoms with Crippen LogP contribution in [0.1, 0.15) is 40.2 Å². The standard InChI is InChI=1S/C38H44ClN5O5/c1-41(37(45)30-22-34(46-2)36(48-4)35(23-30)47-3)25-29(28-10-12-31(39)13-11-28)14-18-42-16-7-17-43(20-19-42)38-40-32-8-5-6-9-33(32)44(38)24-27-15-21-49-26-27/h5-6,8-13,15,21-23,26,29H,7,14,16-20,24-25H2,1-4H3. The fourth-order valence-corrected chi connectivity index (χ4v) is 6.82. The molecule has 49 heavy (non-hydrogen) atoms. The number of hydrogen-bond acceptors (Lipinski definition) is 8. The number of para-hydroxylation sites is 2. The number of carbonyl (C=O) groups excluding carboxylic acids is 1. The number of methoxy groups -OCH3 is 3. The largest absolute Gasteiger partial charge is 0.493 e. The van der Waals surface area contributed by atoms with Gasteiger partial charge in [0.05, 0.1) is 51.4 Å². The first-order valence-corrected chi connectivity index (χ1v) is 17.0. The van der Waals surface area contributed by atoms with Crippen LogP contribution < -0.4 is 19.1 Å².